The first kappa shape index (κ1) is 12.5. The molecule has 1 N–H and O–H groups in total. The summed E-state index contributed by atoms with van der Waals surface area (Å²) in [6.45, 7) is 6.88. The molecule has 2 atom stereocenters. The normalized spacial score (nSPS) is 24.9. The quantitative estimate of drug-likeness (QED) is 0.800. The zero-order chi connectivity index (χ0) is 12.3. The van der Waals surface area contributed by atoms with Crippen LogP contribution < -0.4 is 5.32 Å². The summed E-state index contributed by atoms with van der Waals surface area (Å²) >= 11 is 0. The summed E-state index contributed by atoms with van der Waals surface area (Å²) in [7, 11) is 0. The van der Waals surface area contributed by atoms with Gasteiger partial charge in [0.2, 0.25) is 0 Å². The van der Waals surface area contributed by atoms with Crippen molar-refractivity contribution in [3.8, 4) is 0 Å². The summed E-state index contributed by atoms with van der Waals surface area (Å²) in [5.41, 5.74) is 2.63. The van der Waals surface area contributed by atoms with Crippen molar-refractivity contribution in [2.75, 3.05) is 5.32 Å². The van der Waals surface area contributed by atoms with Gasteiger partial charge in [0.1, 0.15) is 0 Å². The molecule has 0 aromatic heterocycles. The van der Waals surface area contributed by atoms with Gasteiger partial charge in [0.15, 0.2) is 0 Å². The molecule has 0 radical (unpaired) electrons. The summed E-state index contributed by atoms with van der Waals surface area (Å²) in [4.78, 5) is 0. The highest BCUT2D eigenvalue weighted by Crippen LogP contribution is 2.32. The lowest BCUT2D eigenvalue weighted by atomic mass is 9.78. The van der Waals surface area contributed by atoms with Crippen molar-refractivity contribution >= 4 is 5.69 Å². The minimum Gasteiger partial charge on any atom is -0.382 e. The van der Waals surface area contributed by atoms with Crippen molar-refractivity contribution in [2.24, 2.45) is 11.8 Å². The van der Waals surface area contributed by atoms with Gasteiger partial charge in [0, 0.05) is 11.7 Å². The van der Waals surface area contributed by atoms with E-state index in [1.54, 1.807) is 0 Å². The first-order valence-corrected chi connectivity index (χ1v) is 7.00. The predicted octanol–water partition coefficient (Wildman–Crippen LogP) is 4.62. The monoisotopic (exact) mass is 231 g/mol. The number of aryl methyl sites for hydroxylation is 1. The molecule has 0 amide bonds. The van der Waals surface area contributed by atoms with Crippen LogP contribution in [0, 0.1) is 18.8 Å². The van der Waals surface area contributed by atoms with Gasteiger partial charge in [-0.3, -0.25) is 0 Å². The van der Waals surface area contributed by atoms with Crippen LogP contribution in [0.4, 0.5) is 5.69 Å². The minimum absolute atomic E-state index is 0.672. The minimum atomic E-state index is 0.672. The number of rotatable bonds is 3. The Morgan fingerprint density at radius 1 is 1.18 bits per heavy atom. The Kier molecular flexibility index (Phi) is 4.09. The summed E-state index contributed by atoms with van der Waals surface area (Å²) < 4.78 is 0. The molecule has 1 fully saturated rings. The van der Waals surface area contributed by atoms with Gasteiger partial charge < -0.3 is 5.32 Å². The van der Waals surface area contributed by atoms with Crippen molar-refractivity contribution in [1.82, 2.24) is 0 Å². The summed E-state index contributed by atoms with van der Waals surface area (Å²) in [5.74, 6) is 1.63. The first-order valence-electron chi connectivity index (χ1n) is 7.00. The van der Waals surface area contributed by atoms with E-state index in [-0.39, 0.29) is 0 Å². The van der Waals surface area contributed by atoms with Crippen LogP contribution in [0.25, 0.3) is 0 Å². The fraction of sp³-hybridized carbons (Fsp3) is 0.625. The van der Waals surface area contributed by atoms with Crippen LogP contribution in [0.3, 0.4) is 0 Å². The topological polar surface area (TPSA) is 12.0 Å². The molecule has 0 aliphatic heterocycles. The van der Waals surface area contributed by atoms with Gasteiger partial charge in [0.25, 0.3) is 0 Å². The zero-order valence-electron chi connectivity index (χ0n) is 11.4. The van der Waals surface area contributed by atoms with Gasteiger partial charge in [0.05, 0.1) is 0 Å². The Balaban J connectivity index is 2.05. The van der Waals surface area contributed by atoms with Crippen LogP contribution in [0.2, 0.25) is 0 Å². The van der Waals surface area contributed by atoms with Gasteiger partial charge in [-0.05, 0) is 49.3 Å². The molecule has 1 saturated carbocycles. The Morgan fingerprint density at radius 3 is 2.65 bits per heavy atom. The van der Waals surface area contributed by atoms with Crippen molar-refractivity contribution in [3.63, 3.8) is 0 Å². The lowest BCUT2D eigenvalue weighted by Gasteiger charge is -2.35. The van der Waals surface area contributed by atoms with E-state index in [9.17, 15) is 0 Å². The number of hydrogen-bond acceptors (Lipinski definition) is 1. The van der Waals surface area contributed by atoms with Crippen molar-refractivity contribution < 1.29 is 0 Å². The number of benzene rings is 1. The molecule has 0 heterocycles. The number of anilines is 1. The molecule has 1 aliphatic carbocycles. The molecule has 2 rings (SSSR count). The molecule has 1 aliphatic rings. The fourth-order valence-electron chi connectivity index (χ4n) is 3.09. The molecule has 17 heavy (non-hydrogen) atoms. The van der Waals surface area contributed by atoms with E-state index in [1.165, 1.54) is 36.9 Å². The van der Waals surface area contributed by atoms with E-state index >= 15 is 0 Å². The van der Waals surface area contributed by atoms with Gasteiger partial charge in [-0.2, -0.15) is 0 Å². The largest absolute Gasteiger partial charge is 0.382 e. The lowest BCUT2D eigenvalue weighted by molar-refractivity contribution is 0.254. The average Bonchev–Trinajstić information content (AvgIpc) is 2.29. The lowest BCUT2D eigenvalue weighted by Crippen LogP contribution is -2.35. The SMILES string of the molecule is Cc1cccc(NC2CCCCC2C(C)C)c1. The van der Waals surface area contributed by atoms with Gasteiger partial charge >= 0.3 is 0 Å². The summed E-state index contributed by atoms with van der Waals surface area (Å²) in [5, 5.41) is 3.75. The maximum atomic E-state index is 3.75. The van der Waals surface area contributed by atoms with E-state index in [0.29, 0.717) is 6.04 Å². The second kappa shape index (κ2) is 5.57. The average molecular weight is 231 g/mol. The molecule has 0 spiro atoms. The van der Waals surface area contributed by atoms with Crippen LogP contribution in [0.15, 0.2) is 24.3 Å². The number of nitrogens with one attached hydrogen (secondary N) is 1. The van der Waals surface area contributed by atoms with E-state index in [2.05, 4.69) is 50.4 Å². The van der Waals surface area contributed by atoms with Gasteiger partial charge in [-0.25, -0.2) is 0 Å². The summed E-state index contributed by atoms with van der Waals surface area (Å²) in [6, 6.07) is 9.42. The molecular formula is C16H25N. The Hall–Kier alpha value is -0.980. The Morgan fingerprint density at radius 2 is 1.94 bits per heavy atom. The van der Waals surface area contributed by atoms with Crippen molar-refractivity contribution in [2.45, 2.75) is 52.5 Å². The zero-order valence-corrected chi connectivity index (χ0v) is 11.4. The third-order valence-electron chi connectivity index (χ3n) is 4.05. The second-order valence-corrected chi connectivity index (χ2v) is 5.81. The van der Waals surface area contributed by atoms with Crippen LogP contribution in [-0.4, -0.2) is 6.04 Å². The smallest absolute Gasteiger partial charge is 0.0345 e. The maximum absolute atomic E-state index is 3.75. The Bertz CT molecular complexity index is 356. The Labute approximate surface area is 106 Å². The second-order valence-electron chi connectivity index (χ2n) is 5.81. The highest BCUT2D eigenvalue weighted by Gasteiger charge is 2.27. The maximum Gasteiger partial charge on any atom is 0.0345 e. The van der Waals surface area contributed by atoms with Gasteiger partial charge in [-0.1, -0.05) is 38.8 Å². The highest BCUT2D eigenvalue weighted by atomic mass is 14.9. The molecule has 0 saturated heterocycles. The standard InChI is InChI=1S/C16H25N/c1-12(2)15-9-4-5-10-16(15)17-14-8-6-7-13(3)11-14/h6-8,11-12,15-17H,4-5,9-10H2,1-3H3. The van der Waals surface area contributed by atoms with E-state index in [0.717, 1.165) is 11.8 Å². The highest BCUT2D eigenvalue weighted by molar-refractivity contribution is 5.46. The predicted molar refractivity (Wildman–Crippen MR) is 75.4 cm³/mol. The molecule has 1 aromatic carbocycles. The fourth-order valence-corrected chi connectivity index (χ4v) is 3.09. The van der Waals surface area contributed by atoms with E-state index < -0.39 is 0 Å². The third-order valence-corrected chi connectivity index (χ3v) is 4.05. The van der Waals surface area contributed by atoms with Crippen LogP contribution in [0.5, 0.6) is 0 Å². The van der Waals surface area contributed by atoms with Gasteiger partial charge in [-0.15, -0.1) is 0 Å². The summed E-state index contributed by atoms with van der Waals surface area (Å²) in [6.07, 6.45) is 5.51. The molecule has 94 valence electrons. The van der Waals surface area contributed by atoms with Crippen molar-refractivity contribution in [3.05, 3.63) is 29.8 Å². The van der Waals surface area contributed by atoms with E-state index in [4.69, 9.17) is 0 Å². The van der Waals surface area contributed by atoms with Crippen LogP contribution in [0.1, 0.15) is 45.1 Å². The molecule has 1 nitrogen and oxygen atoms in total. The third kappa shape index (κ3) is 3.24. The molecule has 1 heteroatoms. The molecule has 2 unspecified atom stereocenters. The molecule has 1 aromatic rings. The van der Waals surface area contributed by atoms with E-state index in [1.807, 2.05) is 0 Å². The van der Waals surface area contributed by atoms with Crippen LogP contribution in [-0.2, 0) is 0 Å². The first-order chi connectivity index (χ1) is 8.16. The van der Waals surface area contributed by atoms with Crippen molar-refractivity contribution in [1.29, 1.82) is 0 Å². The molecular weight excluding hydrogens is 206 g/mol. The molecule has 0 bridgehead atoms. The van der Waals surface area contributed by atoms with Crippen LogP contribution >= 0.6 is 0 Å². The number of hydrogen-bond donors (Lipinski definition) is 1.